The third-order valence-electron chi connectivity index (χ3n) is 3.26. The molecule has 80 valence electrons. The average molecular weight is 197 g/mol. The quantitative estimate of drug-likeness (QED) is 0.613. The maximum Gasteiger partial charge on any atom is 0.319 e. The molecule has 2 heterocycles. The second kappa shape index (κ2) is 3.77. The van der Waals surface area contributed by atoms with E-state index in [1.165, 1.54) is 6.42 Å². The number of hydrogen-bond acceptors (Lipinski definition) is 2. The number of fused-ring (bicyclic) bond motifs is 1. The smallest absolute Gasteiger partial charge is 0.319 e. The predicted molar refractivity (Wildman–Crippen MR) is 55.2 cm³/mol. The summed E-state index contributed by atoms with van der Waals surface area (Å²) in [6.45, 7) is 2.03. The standard InChI is InChI=1S/C10H19N3O/c1-12(2)10(14)13-7-5-8-9(13)4-3-6-11-8/h8-9,11H,3-7H2,1-2H3. The Hall–Kier alpha value is -0.770. The highest BCUT2D eigenvalue weighted by Gasteiger charge is 2.38. The first-order chi connectivity index (χ1) is 6.70. The zero-order valence-corrected chi connectivity index (χ0v) is 8.99. The Labute approximate surface area is 85.2 Å². The van der Waals surface area contributed by atoms with Crippen molar-refractivity contribution >= 4 is 6.03 Å². The van der Waals surface area contributed by atoms with Crippen molar-refractivity contribution in [1.29, 1.82) is 0 Å². The monoisotopic (exact) mass is 197 g/mol. The molecule has 2 unspecified atom stereocenters. The molecule has 0 saturated carbocycles. The summed E-state index contributed by atoms with van der Waals surface area (Å²) >= 11 is 0. The van der Waals surface area contributed by atoms with E-state index in [9.17, 15) is 4.79 Å². The summed E-state index contributed by atoms with van der Waals surface area (Å²) in [5.74, 6) is 0. The molecule has 2 saturated heterocycles. The molecule has 2 aliphatic rings. The van der Waals surface area contributed by atoms with Gasteiger partial charge in [0.05, 0.1) is 0 Å². The molecule has 2 rings (SSSR count). The van der Waals surface area contributed by atoms with Crippen LogP contribution in [0.2, 0.25) is 0 Å². The number of hydrogen-bond donors (Lipinski definition) is 1. The van der Waals surface area contributed by atoms with Gasteiger partial charge < -0.3 is 15.1 Å². The molecular formula is C10H19N3O. The van der Waals surface area contributed by atoms with E-state index in [-0.39, 0.29) is 6.03 Å². The summed E-state index contributed by atoms with van der Waals surface area (Å²) in [5, 5.41) is 3.49. The van der Waals surface area contributed by atoms with Gasteiger partial charge >= 0.3 is 6.03 Å². The van der Waals surface area contributed by atoms with Gasteiger partial charge in [-0.2, -0.15) is 0 Å². The van der Waals surface area contributed by atoms with E-state index >= 15 is 0 Å². The summed E-state index contributed by atoms with van der Waals surface area (Å²) in [6, 6.07) is 1.16. The van der Waals surface area contributed by atoms with Crippen molar-refractivity contribution in [3.05, 3.63) is 0 Å². The fourth-order valence-corrected chi connectivity index (χ4v) is 2.54. The lowest BCUT2D eigenvalue weighted by molar-refractivity contribution is 0.153. The maximum absolute atomic E-state index is 11.8. The lowest BCUT2D eigenvalue weighted by atomic mass is 10.00. The van der Waals surface area contributed by atoms with Crippen LogP contribution < -0.4 is 5.32 Å². The first-order valence-electron chi connectivity index (χ1n) is 5.41. The van der Waals surface area contributed by atoms with Crippen molar-refractivity contribution in [2.75, 3.05) is 27.2 Å². The van der Waals surface area contributed by atoms with Crippen molar-refractivity contribution in [3.8, 4) is 0 Å². The molecule has 2 amide bonds. The number of carbonyl (C=O) groups is 1. The maximum atomic E-state index is 11.8. The number of carbonyl (C=O) groups excluding carboxylic acids is 1. The van der Waals surface area contributed by atoms with Crippen LogP contribution in [0, 0.1) is 0 Å². The minimum Gasteiger partial charge on any atom is -0.331 e. The van der Waals surface area contributed by atoms with E-state index in [2.05, 4.69) is 5.32 Å². The van der Waals surface area contributed by atoms with E-state index in [4.69, 9.17) is 0 Å². The molecule has 0 aromatic carbocycles. The van der Waals surface area contributed by atoms with Crippen molar-refractivity contribution in [2.45, 2.75) is 31.3 Å². The van der Waals surface area contributed by atoms with E-state index in [1.807, 2.05) is 19.0 Å². The largest absolute Gasteiger partial charge is 0.331 e. The average Bonchev–Trinajstić information content (AvgIpc) is 2.60. The number of likely N-dealkylation sites (tertiary alicyclic amines) is 1. The summed E-state index contributed by atoms with van der Waals surface area (Å²) in [5.41, 5.74) is 0. The van der Waals surface area contributed by atoms with Crippen LogP contribution in [0.3, 0.4) is 0 Å². The number of nitrogens with zero attached hydrogens (tertiary/aromatic N) is 2. The van der Waals surface area contributed by atoms with Gasteiger partial charge in [0.15, 0.2) is 0 Å². The zero-order chi connectivity index (χ0) is 10.1. The van der Waals surface area contributed by atoms with Gasteiger partial charge in [-0.3, -0.25) is 0 Å². The number of piperidine rings is 1. The third-order valence-corrected chi connectivity index (χ3v) is 3.26. The SMILES string of the molecule is CN(C)C(=O)N1CCC2NCCCC21. The third kappa shape index (κ3) is 1.59. The van der Waals surface area contributed by atoms with Gasteiger partial charge in [0, 0.05) is 32.7 Å². The Balaban J connectivity index is 2.03. The summed E-state index contributed by atoms with van der Waals surface area (Å²) in [4.78, 5) is 15.5. The first kappa shape index (κ1) is 9.77. The summed E-state index contributed by atoms with van der Waals surface area (Å²) in [6.07, 6.45) is 3.47. The Morgan fingerprint density at radius 2 is 2.21 bits per heavy atom. The molecule has 2 fully saturated rings. The highest BCUT2D eigenvalue weighted by atomic mass is 16.2. The molecule has 2 atom stereocenters. The molecular weight excluding hydrogens is 178 g/mol. The lowest BCUT2D eigenvalue weighted by Gasteiger charge is -2.33. The molecule has 0 aromatic heterocycles. The van der Waals surface area contributed by atoms with E-state index in [0.29, 0.717) is 12.1 Å². The van der Waals surface area contributed by atoms with Crippen molar-refractivity contribution < 1.29 is 4.79 Å². The van der Waals surface area contributed by atoms with Crippen LogP contribution in [-0.4, -0.2) is 55.1 Å². The van der Waals surface area contributed by atoms with Crippen LogP contribution in [-0.2, 0) is 0 Å². The first-order valence-corrected chi connectivity index (χ1v) is 5.41. The zero-order valence-electron chi connectivity index (χ0n) is 8.99. The molecule has 0 aromatic rings. The van der Waals surface area contributed by atoms with Crippen LogP contribution in [0.1, 0.15) is 19.3 Å². The Bertz CT molecular complexity index is 229. The van der Waals surface area contributed by atoms with Gasteiger partial charge in [0.2, 0.25) is 0 Å². The van der Waals surface area contributed by atoms with Crippen LogP contribution in [0.15, 0.2) is 0 Å². The predicted octanol–water partition coefficient (Wildman–Crippen LogP) is 0.494. The topological polar surface area (TPSA) is 35.6 Å². The highest BCUT2D eigenvalue weighted by molar-refractivity contribution is 5.74. The lowest BCUT2D eigenvalue weighted by Crippen LogP contribution is -2.50. The number of rotatable bonds is 0. The van der Waals surface area contributed by atoms with E-state index in [0.717, 1.165) is 25.9 Å². The Morgan fingerprint density at radius 3 is 2.93 bits per heavy atom. The van der Waals surface area contributed by atoms with E-state index < -0.39 is 0 Å². The number of amides is 2. The number of nitrogens with one attached hydrogen (secondary N) is 1. The van der Waals surface area contributed by atoms with Gasteiger partial charge in [-0.25, -0.2) is 4.79 Å². The van der Waals surface area contributed by atoms with Gasteiger partial charge in [0.1, 0.15) is 0 Å². The fraction of sp³-hybridized carbons (Fsp3) is 0.900. The second-order valence-electron chi connectivity index (χ2n) is 4.43. The van der Waals surface area contributed by atoms with Crippen molar-refractivity contribution in [1.82, 2.24) is 15.1 Å². The van der Waals surface area contributed by atoms with Gasteiger partial charge in [0.25, 0.3) is 0 Å². The molecule has 2 aliphatic heterocycles. The van der Waals surface area contributed by atoms with Crippen LogP contribution in [0.4, 0.5) is 4.79 Å². The summed E-state index contributed by atoms with van der Waals surface area (Å²) in [7, 11) is 3.65. The van der Waals surface area contributed by atoms with Gasteiger partial charge in [-0.15, -0.1) is 0 Å². The van der Waals surface area contributed by atoms with Gasteiger partial charge in [-0.1, -0.05) is 0 Å². The molecule has 0 bridgehead atoms. The van der Waals surface area contributed by atoms with Crippen molar-refractivity contribution in [2.24, 2.45) is 0 Å². The van der Waals surface area contributed by atoms with Crippen LogP contribution in [0.5, 0.6) is 0 Å². The molecule has 0 radical (unpaired) electrons. The van der Waals surface area contributed by atoms with Crippen LogP contribution in [0.25, 0.3) is 0 Å². The number of urea groups is 1. The minimum absolute atomic E-state index is 0.168. The minimum atomic E-state index is 0.168. The molecule has 14 heavy (non-hydrogen) atoms. The van der Waals surface area contributed by atoms with E-state index in [1.54, 1.807) is 4.90 Å². The molecule has 0 aliphatic carbocycles. The Kier molecular flexibility index (Phi) is 2.63. The Morgan fingerprint density at radius 1 is 1.43 bits per heavy atom. The normalized spacial score (nSPS) is 31.4. The fourth-order valence-electron chi connectivity index (χ4n) is 2.54. The molecule has 4 heteroatoms. The molecule has 0 spiro atoms. The van der Waals surface area contributed by atoms with Crippen LogP contribution >= 0.6 is 0 Å². The van der Waals surface area contributed by atoms with Gasteiger partial charge in [-0.05, 0) is 25.8 Å². The second-order valence-corrected chi connectivity index (χ2v) is 4.43. The van der Waals surface area contributed by atoms with Crippen molar-refractivity contribution in [3.63, 3.8) is 0 Å². The molecule has 4 nitrogen and oxygen atoms in total. The highest BCUT2D eigenvalue weighted by Crippen LogP contribution is 2.25. The molecule has 1 N–H and O–H groups in total. The summed E-state index contributed by atoms with van der Waals surface area (Å²) < 4.78 is 0.